The summed E-state index contributed by atoms with van der Waals surface area (Å²) in [5.41, 5.74) is 2.97. The van der Waals surface area contributed by atoms with Gasteiger partial charge in [0.15, 0.2) is 17.4 Å². The summed E-state index contributed by atoms with van der Waals surface area (Å²) in [6, 6.07) is 17.9. The second-order valence-electron chi connectivity index (χ2n) is 9.53. The minimum absolute atomic E-state index is 0.205. The van der Waals surface area contributed by atoms with E-state index in [1.165, 1.54) is 49.3 Å². The summed E-state index contributed by atoms with van der Waals surface area (Å²) in [4.78, 5) is 0. The highest BCUT2D eigenvalue weighted by atomic mass is 19.2. The Morgan fingerprint density at radius 3 is 1.95 bits per heavy atom. The molecule has 0 saturated carbocycles. The molecule has 0 N–H and O–H groups in total. The van der Waals surface area contributed by atoms with Gasteiger partial charge in [0.1, 0.15) is 5.82 Å². The molecule has 0 fully saturated rings. The van der Waals surface area contributed by atoms with Crippen molar-refractivity contribution >= 4 is 10.8 Å². The highest BCUT2D eigenvalue weighted by Gasteiger charge is 2.23. The van der Waals surface area contributed by atoms with Crippen LogP contribution >= 0.6 is 0 Å². The predicted molar refractivity (Wildman–Crippen MR) is 142 cm³/mol. The minimum atomic E-state index is -1.48. The third-order valence-corrected chi connectivity index (χ3v) is 6.92. The monoisotopic (exact) mass is 508 g/mol. The van der Waals surface area contributed by atoms with Crippen molar-refractivity contribution in [2.75, 3.05) is 7.11 Å². The molecular weight excluding hydrogens is 476 g/mol. The maximum atomic E-state index is 15.3. The summed E-state index contributed by atoms with van der Waals surface area (Å²) >= 11 is 0. The maximum absolute atomic E-state index is 15.3. The number of unbranched alkanes of at least 4 members (excludes halogenated alkanes) is 4. The van der Waals surface area contributed by atoms with Crippen LogP contribution < -0.4 is 4.74 Å². The zero-order chi connectivity index (χ0) is 26.4. The lowest BCUT2D eigenvalue weighted by atomic mass is 9.96. The number of methoxy groups -OCH3 is 1. The van der Waals surface area contributed by atoms with Gasteiger partial charge in [-0.25, -0.2) is 13.2 Å². The molecule has 0 aliphatic heterocycles. The molecule has 1 nitrogen and oxygen atoms in total. The van der Waals surface area contributed by atoms with Crippen molar-refractivity contribution in [3.63, 3.8) is 0 Å². The quantitative estimate of drug-likeness (QED) is 0.111. The van der Waals surface area contributed by atoms with Crippen molar-refractivity contribution in [2.45, 2.75) is 58.3 Å². The summed E-state index contributed by atoms with van der Waals surface area (Å²) in [6.45, 7) is 2.23. The fraction of sp³-hybridized carbons (Fsp3) is 0.312. The van der Waals surface area contributed by atoms with E-state index in [0.29, 0.717) is 5.39 Å². The largest absolute Gasteiger partial charge is 0.491 e. The van der Waals surface area contributed by atoms with Gasteiger partial charge >= 0.3 is 0 Å². The molecule has 4 rings (SSSR count). The third kappa shape index (κ3) is 6.15. The Morgan fingerprint density at radius 1 is 0.595 bits per heavy atom. The number of hydrogen-bond acceptors (Lipinski definition) is 1. The second kappa shape index (κ2) is 12.3. The second-order valence-corrected chi connectivity index (χ2v) is 9.53. The highest BCUT2D eigenvalue weighted by molar-refractivity contribution is 5.89. The van der Waals surface area contributed by atoms with E-state index in [1.807, 2.05) is 12.1 Å². The van der Waals surface area contributed by atoms with Gasteiger partial charge in [-0.15, -0.1) is 0 Å². The van der Waals surface area contributed by atoms with E-state index in [1.54, 1.807) is 12.1 Å². The number of benzene rings is 4. The predicted octanol–water partition coefficient (Wildman–Crippen LogP) is 9.37. The van der Waals surface area contributed by atoms with Gasteiger partial charge in [0.05, 0.1) is 7.11 Å². The lowest BCUT2D eigenvalue weighted by Crippen LogP contribution is -2.00. The van der Waals surface area contributed by atoms with Crippen LogP contribution in [0.25, 0.3) is 21.9 Å². The van der Waals surface area contributed by atoms with Gasteiger partial charge in [-0.1, -0.05) is 87.2 Å². The zero-order valence-electron chi connectivity index (χ0n) is 21.4. The van der Waals surface area contributed by atoms with Crippen molar-refractivity contribution < 1.29 is 22.3 Å². The highest BCUT2D eigenvalue weighted by Crippen LogP contribution is 2.36. The Labute approximate surface area is 216 Å². The van der Waals surface area contributed by atoms with Crippen LogP contribution in [-0.4, -0.2) is 7.11 Å². The Hall–Kier alpha value is -3.34. The summed E-state index contributed by atoms with van der Waals surface area (Å²) in [7, 11) is 1.04. The lowest BCUT2D eigenvalue weighted by molar-refractivity contribution is 0.347. The molecule has 0 amide bonds. The van der Waals surface area contributed by atoms with E-state index >= 15 is 4.39 Å². The molecule has 0 atom stereocenters. The molecule has 0 saturated heterocycles. The number of ether oxygens (including phenoxy) is 1. The van der Waals surface area contributed by atoms with Crippen LogP contribution in [0, 0.1) is 23.3 Å². The molecule has 0 spiro atoms. The van der Waals surface area contributed by atoms with Gasteiger partial charge < -0.3 is 4.74 Å². The minimum Gasteiger partial charge on any atom is -0.491 e. The molecule has 37 heavy (non-hydrogen) atoms. The van der Waals surface area contributed by atoms with Crippen LogP contribution in [0.4, 0.5) is 17.6 Å². The topological polar surface area (TPSA) is 9.23 Å². The van der Waals surface area contributed by atoms with Gasteiger partial charge in [-0.05, 0) is 53.8 Å². The summed E-state index contributed by atoms with van der Waals surface area (Å²) < 4.78 is 62.8. The van der Waals surface area contributed by atoms with Crippen molar-refractivity contribution in [1.82, 2.24) is 0 Å². The number of halogens is 4. The van der Waals surface area contributed by atoms with E-state index < -0.39 is 34.6 Å². The van der Waals surface area contributed by atoms with Gasteiger partial charge in [-0.2, -0.15) is 4.39 Å². The molecule has 0 aliphatic carbocycles. The number of fused-ring (bicyclic) bond motifs is 1. The van der Waals surface area contributed by atoms with E-state index in [9.17, 15) is 13.2 Å². The summed E-state index contributed by atoms with van der Waals surface area (Å²) in [5, 5.41) is 0.910. The number of aryl methyl sites for hydroxylation is 3. The van der Waals surface area contributed by atoms with Crippen molar-refractivity contribution in [3.05, 3.63) is 101 Å². The molecule has 0 unspecified atom stereocenters. The lowest BCUT2D eigenvalue weighted by Gasteiger charge is -2.12. The normalized spacial score (nSPS) is 11.3. The maximum Gasteiger partial charge on any atom is 0.204 e. The summed E-state index contributed by atoms with van der Waals surface area (Å²) in [6.07, 6.45) is 9.14. The Bertz CT molecular complexity index is 1360. The smallest absolute Gasteiger partial charge is 0.204 e. The van der Waals surface area contributed by atoms with E-state index in [0.717, 1.165) is 38.0 Å². The number of rotatable bonds is 11. The van der Waals surface area contributed by atoms with Crippen LogP contribution in [0.5, 0.6) is 5.75 Å². The fourth-order valence-corrected chi connectivity index (χ4v) is 4.76. The number of hydrogen-bond donors (Lipinski definition) is 0. The van der Waals surface area contributed by atoms with Crippen LogP contribution in [0.15, 0.2) is 60.7 Å². The van der Waals surface area contributed by atoms with Crippen LogP contribution in [0.3, 0.4) is 0 Å². The van der Waals surface area contributed by atoms with Crippen LogP contribution in [0.1, 0.15) is 55.7 Å². The van der Waals surface area contributed by atoms with E-state index in [-0.39, 0.29) is 10.9 Å². The average Bonchev–Trinajstić information content (AvgIpc) is 2.91. The van der Waals surface area contributed by atoms with E-state index in [2.05, 4.69) is 35.9 Å². The molecule has 0 aliphatic rings. The first-order valence-electron chi connectivity index (χ1n) is 12.9. The zero-order valence-corrected chi connectivity index (χ0v) is 21.4. The van der Waals surface area contributed by atoms with Crippen molar-refractivity contribution in [3.8, 4) is 16.9 Å². The van der Waals surface area contributed by atoms with Gasteiger partial charge in [0.2, 0.25) is 5.82 Å². The van der Waals surface area contributed by atoms with Gasteiger partial charge in [0, 0.05) is 16.5 Å². The molecule has 0 heterocycles. The Morgan fingerprint density at radius 2 is 1.24 bits per heavy atom. The third-order valence-electron chi connectivity index (χ3n) is 6.92. The molecule has 4 aromatic rings. The molecule has 0 radical (unpaired) electrons. The molecule has 5 heteroatoms. The first-order chi connectivity index (χ1) is 17.9. The van der Waals surface area contributed by atoms with E-state index in [4.69, 9.17) is 0 Å². The summed E-state index contributed by atoms with van der Waals surface area (Å²) in [5.74, 6) is -5.48. The van der Waals surface area contributed by atoms with Gasteiger partial charge in [0.25, 0.3) is 0 Å². The standard InChI is InChI=1S/C32H32F4O/c1-3-4-5-6-7-8-21-9-11-22(12-10-21)13-14-23-15-17-25-24(19-23)16-18-26(29(25)34)27-20-28(33)32(37-2)31(36)30(27)35/h9-12,15-20H,3-8,13-14H2,1-2H3. The molecular formula is C32H32F4O. The average molecular weight is 509 g/mol. The first-order valence-corrected chi connectivity index (χ1v) is 12.9. The SMILES string of the molecule is CCCCCCCc1ccc(CCc2ccc3c(F)c(-c4cc(F)c(OC)c(F)c4F)ccc3c2)cc1. The van der Waals surface area contributed by atoms with Gasteiger partial charge in [-0.3, -0.25) is 0 Å². The van der Waals surface area contributed by atoms with Crippen molar-refractivity contribution in [1.29, 1.82) is 0 Å². The Kier molecular flexibility index (Phi) is 8.86. The molecule has 0 aromatic heterocycles. The Balaban J connectivity index is 1.45. The molecule has 4 aromatic carbocycles. The van der Waals surface area contributed by atoms with Crippen LogP contribution in [-0.2, 0) is 19.3 Å². The molecule has 194 valence electrons. The van der Waals surface area contributed by atoms with Crippen LogP contribution in [0.2, 0.25) is 0 Å². The van der Waals surface area contributed by atoms with Crippen molar-refractivity contribution in [2.24, 2.45) is 0 Å². The first kappa shape index (κ1) is 26.7. The fourth-order valence-electron chi connectivity index (χ4n) is 4.76. The molecule has 0 bridgehead atoms.